The van der Waals surface area contributed by atoms with Crippen molar-refractivity contribution in [3.8, 4) is 0 Å². The van der Waals surface area contributed by atoms with E-state index in [4.69, 9.17) is 0 Å². The van der Waals surface area contributed by atoms with E-state index >= 15 is 0 Å². The van der Waals surface area contributed by atoms with E-state index in [2.05, 4.69) is 9.97 Å². The highest BCUT2D eigenvalue weighted by molar-refractivity contribution is 7.91. The molecule has 0 amide bonds. The Kier molecular flexibility index (Phi) is 3.53. The minimum Gasteiger partial charge on any atom is -0.261 e. The van der Waals surface area contributed by atoms with Crippen LogP contribution >= 0.6 is 11.3 Å². The topological polar surface area (TPSA) is 63.2 Å². The molecular weight excluding hydrogens is 301 g/mol. The van der Waals surface area contributed by atoms with Crippen LogP contribution in [0, 0.1) is 5.82 Å². The van der Waals surface area contributed by atoms with E-state index in [1.54, 1.807) is 18.6 Å². The van der Waals surface area contributed by atoms with Crippen LogP contribution in [0.25, 0.3) is 0 Å². The third kappa shape index (κ3) is 2.34. The smallest absolute Gasteiger partial charge is 0.255 e. The van der Waals surface area contributed by atoms with Crippen molar-refractivity contribution >= 4 is 21.4 Å². The highest BCUT2D eigenvalue weighted by atomic mass is 32.2. The Morgan fingerprint density at radius 3 is 2.90 bits per heavy atom. The van der Waals surface area contributed by atoms with Crippen molar-refractivity contribution in [1.29, 1.82) is 0 Å². The van der Waals surface area contributed by atoms with Crippen LogP contribution in [-0.2, 0) is 10.0 Å². The van der Waals surface area contributed by atoms with Crippen molar-refractivity contribution in [1.82, 2.24) is 14.3 Å². The van der Waals surface area contributed by atoms with Gasteiger partial charge in [0, 0.05) is 37.6 Å². The van der Waals surface area contributed by atoms with Crippen molar-refractivity contribution in [3.63, 3.8) is 0 Å². The lowest BCUT2D eigenvalue weighted by Crippen LogP contribution is -2.28. The first-order chi connectivity index (χ1) is 9.59. The molecule has 2 aromatic heterocycles. The number of halogens is 1. The van der Waals surface area contributed by atoms with Gasteiger partial charge in [0.05, 0.1) is 5.69 Å². The average molecular weight is 313 g/mol. The van der Waals surface area contributed by atoms with Gasteiger partial charge in [-0.3, -0.25) is 9.97 Å². The quantitative estimate of drug-likeness (QED) is 0.867. The molecule has 1 saturated heterocycles. The maximum absolute atomic E-state index is 13.5. The molecule has 1 aliphatic heterocycles. The first-order valence-electron chi connectivity index (χ1n) is 6.08. The lowest BCUT2D eigenvalue weighted by atomic mass is 10.1. The van der Waals surface area contributed by atoms with Crippen LogP contribution in [0.2, 0.25) is 0 Å². The summed E-state index contributed by atoms with van der Waals surface area (Å²) in [5.74, 6) is -0.667. The van der Waals surface area contributed by atoms with E-state index in [-0.39, 0.29) is 10.1 Å². The van der Waals surface area contributed by atoms with Gasteiger partial charge >= 0.3 is 0 Å². The van der Waals surface area contributed by atoms with Crippen molar-refractivity contribution < 1.29 is 12.8 Å². The molecule has 0 bridgehead atoms. The molecule has 0 radical (unpaired) electrons. The molecule has 3 rings (SSSR count). The second-order valence-corrected chi connectivity index (χ2v) is 7.58. The number of sulfonamides is 1. The molecule has 5 nitrogen and oxygen atoms in total. The Labute approximate surface area is 120 Å². The normalized spacial score (nSPS) is 20.4. The fourth-order valence-electron chi connectivity index (χ4n) is 2.29. The summed E-state index contributed by atoms with van der Waals surface area (Å²) >= 11 is 0.908. The summed E-state index contributed by atoms with van der Waals surface area (Å²) in [6, 6.07) is 1.17. The second-order valence-electron chi connectivity index (χ2n) is 4.53. The van der Waals surface area contributed by atoms with Gasteiger partial charge in [-0.25, -0.2) is 12.8 Å². The maximum Gasteiger partial charge on any atom is 0.255 e. The van der Waals surface area contributed by atoms with Gasteiger partial charge in [-0.1, -0.05) is 0 Å². The molecule has 0 spiro atoms. The van der Waals surface area contributed by atoms with Gasteiger partial charge in [-0.15, -0.1) is 11.3 Å². The first-order valence-corrected chi connectivity index (χ1v) is 8.40. The molecule has 3 heterocycles. The molecule has 8 heteroatoms. The highest BCUT2D eigenvalue weighted by Gasteiger charge is 2.35. The van der Waals surface area contributed by atoms with Crippen molar-refractivity contribution in [2.75, 3.05) is 13.1 Å². The Balaban J connectivity index is 1.83. The molecule has 1 fully saturated rings. The van der Waals surface area contributed by atoms with Crippen molar-refractivity contribution in [2.24, 2.45) is 0 Å². The first kappa shape index (κ1) is 13.6. The largest absolute Gasteiger partial charge is 0.261 e. The number of aromatic nitrogens is 2. The Morgan fingerprint density at radius 2 is 2.25 bits per heavy atom. The van der Waals surface area contributed by atoms with E-state index in [0.29, 0.717) is 19.5 Å². The van der Waals surface area contributed by atoms with Crippen LogP contribution in [0.5, 0.6) is 0 Å². The average Bonchev–Trinajstić information content (AvgIpc) is 3.08. The highest BCUT2D eigenvalue weighted by Crippen LogP contribution is 2.32. The molecule has 0 aromatic carbocycles. The Bertz CT molecular complexity index is 703. The zero-order valence-corrected chi connectivity index (χ0v) is 12.1. The summed E-state index contributed by atoms with van der Waals surface area (Å²) in [6.45, 7) is 0.694. The molecule has 0 aliphatic carbocycles. The van der Waals surface area contributed by atoms with E-state index < -0.39 is 15.8 Å². The molecule has 106 valence electrons. The summed E-state index contributed by atoms with van der Waals surface area (Å²) in [4.78, 5) is 8.19. The van der Waals surface area contributed by atoms with Crippen LogP contribution < -0.4 is 0 Å². The predicted octanol–water partition coefficient (Wildman–Crippen LogP) is 1.86. The van der Waals surface area contributed by atoms with Crippen molar-refractivity contribution in [3.05, 3.63) is 41.5 Å². The summed E-state index contributed by atoms with van der Waals surface area (Å²) in [5, 5.41) is 1.44. The lowest BCUT2D eigenvalue weighted by Gasteiger charge is -2.15. The SMILES string of the molecule is O=S(=O)(c1sccc1F)N1CCC(c2cnccn2)C1. The number of thiophene rings is 1. The lowest BCUT2D eigenvalue weighted by molar-refractivity contribution is 0.468. The van der Waals surface area contributed by atoms with Gasteiger partial charge in [0.2, 0.25) is 0 Å². The summed E-state index contributed by atoms with van der Waals surface area (Å²) < 4.78 is 39.3. The van der Waals surface area contributed by atoms with Gasteiger partial charge in [0.1, 0.15) is 0 Å². The standard InChI is InChI=1S/C12H12FN3O2S2/c13-10-2-6-19-12(10)20(17,18)16-5-1-9(8-16)11-7-14-3-4-15-11/h2-4,6-7,9H,1,5,8H2. The monoisotopic (exact) mass is 313 g/mol. The number of nitrogens with zero attached hydrogens (tertiary/aromatic N) is 3. The third-order valence-electron chi connectivity index (χ3n) is 3.31. The fourth-order valence-corrected chi connectivity index (χ4v) is 5.02. The van der Waals surface area contributed by atoms with Gasteiger partial charge in [0.15, 0.2) is 10.0 Å². The van der Waals surface area contributed by atoms with Gasteiger partial charge in [-0.2, -0.15) is 4.31 Å². The molecule has 1 atom stereocenters. The van der Waals surface area contributed by atoms with Crippen LogP contribution in [0.15, 0.2) is 34.2 Å². The third-order valence-corrected chi connectivity index (χ3v) is 6.59. The Morgan fingerprint density at radius 1 is 1.40 bits per heavy atom. The van der Waals surface area contributed by atoms with Gasteiger partial charge in [0.25, 0.3) is 10.0 Å². The van der Waals surface area contributed by atoms with Gasteiger partial charge < -0.3 is 0 Å². The van der Waals surface area contributed by atoms with Crippen LogP contribution in [-0.4, -0.2) is 35.8 Å². The second kappa shape index (κ2) is 5.19. The molecule has 1 unspecified atom stereocenters. The molecular formula is C12H12FN3O2S2. The zero-order chi connectivity index (χ0) is 14.2. The minimum atomic E-state index is -3.74. The van der Waals surface area contributed by atoms with Gasteiger partial charge in [-0.05, 0) is 17.9 Å². The van der Waals surface area contributed by atoms with E-state index in [0.717, 1.165) is 17.0 Å². The molecule has 0 saturated carbocycles. The van der Waals surface area contributed by atoms with E-state index in [9.17, 15) is 12.8 Å². The molecule has 20 heavy (non-hydrogen) atoms. The number of rotatable bonds is 3. The Hall–Kier alpha value is -1.38. The predicted molar refractivity (Wildman–Crippen MR) is 72.4 cm³/mol. The molecule has 1 aliphatic rings. The van der Waals surface area contributed by atoms with Crippen LogP contribution in [0.1, 0.15) is 18.0 Å². The summed E-state index contributed by atoms with van der Waals surface area (Å²) in [6.07, 6.45) is 5.48. The van der Waals surface area contributed by atoms with Crippen LogP contribution in [0.3, 0.4) is 0 Å². The molecule has 2 aromatic rings. The fraction of sp³-hybridized carbons (Fsp3) is 0.333. The summed E-state index contributed by atoms with van der Waals surface area (Å²) in [5.41, 5.74) is 0.775. The van der Waals surface area contributed by atoms with Crippen molar-refractivity contribution in [2.45, 2.75) is 16.5 Å². The minimum absolute atomic E-state index is 0.0153. The van der Waals surface area contributed by atoms with E-state index in [1.165, 1.54) is 15.8 Å². The molecule has 0 N–H and O–H groups in total. The zero-order valence-electron chi connectivity index (χ0n) is 10.4. The van der Waals surface area contributed by atoms with Crippen LogP contribution in [0.4, 0.5) is 4.39 Å². The maximum atomic E-state index is 13.5. The number of hydrogen-bond acceptors (Lipinski definition) is 5. The number of hydrogen-bond donors (Lipinski definition) is 0. The van der Waals surface area contributed by atoms with E-state index in [1.807, 2.05) is 0 Å². The summed E-state index contributed by atoms with van der Waals surface area (Å²) in [7, 11) is -3.74.